The van der Waals surface area contributed by atoms with Crippen LogP contribution >= 0.6 is 11.3 Å². The zero-order valence-corrected chi connectivity index (χ0v) is 15.0. The molecule has 3 rings (SSSR count). The Balaban J connectivity index is 1.69. The van der Waals surface area contributed by atoms with Crippen LogP contribution in [0, 0.1) is 0 Å². The molecule has 0 aliphatic rings. The van der Waals surface area contributed by atoms with Crippen molar-refractivity contribution in [3.63, 3.8) is 0 Å². The summed E-state index contributed by atoms with van der Waals surface area (Å²) in [5.74, 6) is 0.539. The molecular weight excluding hydrogens is 356 g/mol. The SMILES string of the molecule is COc1cccc(/C=C/C(=O)OCc2cc(=O)n3ccsc3n2)c1OC. The predicted molar refractivity (Wildman–Crippen MR) is 97.7 cm³/mol. The van der Waals surface area contributed by atoms with Crippen molar-refractivity contribution in [2.75, 3.05) is 14.2 Å². The van der Waals surface area contributed by atoms with Crippen molar-refractivity contribution < 1.29 is 19.0 Å². The van der Waals surface area contributed by atoms with Crippen LogP contribution in [0.5, 0.6) is 11.5 Å². The van der Waals surface area contributed by atoms with E-state index in [1.54, 1.807) is 43.0 Å². The quantitative estimate of drug-likeness (QED) is 0.489. The lowest BCUT2D eigenvalue weighted by Gasteiger charge is -2.09. The minimum atomic E-state index is -0.553. The van der Waals surface area contributed by atoms with Crippen LogP contribution in [0.1, 0.15) is 11.3 Å². The molecule has 1 aromatic carbocycles. The first-order valence-corrected chi connectivity index (χ1v) is 8.52. The first-order valence-electron chi connectivity index (χ1n) is 7.64. The minimum absolute atomic E-state index is 0.0813. The molecule has 0 radical (unpaired) electrons. The molecule has 7 nitrogen and oxygen atoms in total. The molecule has 0 aliphatic carbocycles. The highest BCUT2D eigenvalue weighted by Crippen LogP contribution is 2.31. The van der Waals surface area contributed by atoms with E-state index >= 15 is 0 Å². The Hall–Kier alpha value is -3.13. The molecule has 3 aromatic rings. The van der Waals surface area contributed by atoms with Crippen LogP contribution in [-0.4, -0.2) is 29.6 Å². The largest absolute Gasteiger partial charge is 0.493 e. The van der Waals surface area contributed by atoms with Gasteiger partial charge >= 0.3 is 5.97 Å². The van der Waals surface area contributed by atoms with E-state index in [0.717, 1.165) is 0 Å². The fraction of sp³-hybridized carbons (Fsp3) is 0.167. The summed E-state index contributed by atoms with van der Waals surface area (Å²) >= 11 is 1.34. The summed E-state index contributed by atoms with van der Waals surface area (Å²) in [7, 11) is 3.07. The van der Waals surface area contributed by atoms with Crippen molar-refractivity contribution in [1.29, 1.82) is 0 Å². The highest BCUT2D eigenvalue weighted by molar-refractivity contribution is 7.15. The van der Waals surface area contributed by atoms with Gasteiger partial charge in [0, 0.05) is 29.3 Å². The first kappa shape index (κ1) is 17.7. The van der Waals surface area contributed by atoms with Gasteiger partial charge in [0.1, 0.15) is 6.61 Å². The van der Waals surface area contributed by atoms with E-state index in [1.165, 1.54) is 35.0 Å². The van der Waals surface area contributed by atoms with Crippen molar-refractivity contribution in [2.24, 2.45) is 0 Å². The summed E-state index contributed by atoms with van der Waals surface area (Å²) in [4.78, 5) is 28.7. The van der Waals surface area contributed by atoms with Crippen molar-refractivity contribution in [3.05, 3.63) is 63.5 Å². The maximum Gasteiger partial charge on any atom is 0.331 e. The maximum absolute atomic E-state index is 12.0. The monoisotopic (exact) mass is 372 g/mol. The van der Waals surface area contributed by atoms with Crippen LogP contribution in [0.25, 0.3) is 11.0 Å². The van der Waals surface area contributed by atoms with E-state index in [0.29, 0.717) is 27.7 Å². The number of esters is 1. The Morgan fingerprint density at radius 3 is 2.92 bits per heavy atom. The lowest BCUT2D eigenvalue weighted by atomic mass is 10.1. The smallest absolute Gasteiger partial charge is 0.331 e. The fourth-order valence-electron chi connectivity index (χ4n) is 2.36. The van der Waals surface area contributed by atoms with E-state index < -0.39 is 5.97 Å². The number of fused-ring (bicyclic) bond motifs is 1. The zero-order valence-electron chi connectivity index (χ0n) is 14.2. The molecule has 0 aliphatic heterocycles. The standard InChI is InChI=1S/C18H16N2O5S/c1-23-14-5-3-4-12(17(14)24-2)6-7-16(22)25-11-13-10-15(21)20-8-9-26-18(20)19-13/h3-10H,11H2,1-2H3/b7-6+. The third kappa shape index (κ3) is 3.75. The molecule has 0 saturated carbocycles. The van der Waals surface area contributed by atoms with Crippen molar-refractivity contribution >= 4 is 28.3 Å². The minimum Gasteiger partial charge on any atom is -0.493 e. The zero-order chi connectivity index (χ0) is 18.5. The van der Waals surface area contributed by atoms with Gasteiger partial charge in [-0.3, -0.25) is 9.20 Å². The van der Waals surface area contributed by atoms with Gasteiger partial charge in [-0.1, -0.05) is 12.1 Å². The van der Waals surface area contributed by atoms with E-state index in [-0.39, 0.29) is 12.2 Å². The van der Waals surface area contributed by atoms with Gasteiger partial charge in [0.25, 0.3) is 5.56 Å². The highest BCUT2D eigenvalue weighted by Gasteiger charge is 2.08. The molecule has 2 aromatic heterocycles. The van der Waals surface area contributed by atoms with Crippen LogP contribution in [0.4, 0.5) is 0 Å². The average Bonchev–Trinajstić information content (AvgIpc) is 3.13. The number of methoxy groups -OCH3 is 2. The van der Waals surface area contributed by atoms with Crippen LogP contribution in [0.2, 0.25) is 0 Å². The number of hydrogen-bond acceptors (Lipinski definition) is 7. The van der Waals surface area contributed by atoms with E-state index in [4.69, 9.17) is 14.2 Å². The number of benzene rings is 1. The lowest BCUT2D eigenvalue weighted by molar-refractivity contribution is -0.139. The Morgan fingerprint density at radius 2 is 2.15 bits per heavy atom. The van der Waals surface area contributed by atoms with Crippen molar-refractivity contribution in [1.82, 2.24) is 9.38 Å². The topological polar surface area (TPSA) is 79.1 Å². The summed E-state index contributed by atoms with van der Waals surface area (Å²) in [5, 5.41) is 1.77. The fourth-order valence-corrected chi connectivity index (χ4v) is 3.09. The molecule has 8 heteroatoms. The second kappa shape index (κ2) is 7.83. The van der Waals surface area contributed by atoms with Crippen molar-refractivity contribution in [2.45, 2.75) is 6.61 Å². The lowest BCUT2D eigenvalue weighted by Crippen LogP contribution is -2.14. The number of nitrogens with zero attached hydrogens (tertiary/aromatic N) is 2. The number of thiazole rings is 1. The van der Waals surface area contributed by atoms with Gasteiger partial charge in [0.2, 0.25) is 0 Å². The van der Waals surface area contributed by atoms with Gasteiger partial charge in [-0.2, -0.15) is 0 Å². The van der Waals surface area contributed by atoms with Crippen LogP contribution in [-0.2, 0) is 16.1 Å². The predicted octanol–water partition coefficient (Wildman–Crippen LogP) is 2.53. The Bertz CT molecular complexity index is 1020. The molecule has 0 unspecified atom stereocenters. The summed E-state index contributed by atoms with van der Waals surface area (Å²) in [6.07, 6.45) is 4.51. The van der Waals surface area contributed by atoms with Gasteiger partial charge in [0.15, 0.2) is 16.5 Å². The van der Waals surface area contributed by atoms with Crippen LogP contribution < -0.4 is 15.0 Å². The number of carbonyl (C=O) groups excluding carboxylic acids is 1. The van der Waals surface area contributed by atoms with Crippen LogP contribution in [0.15, 0.2) is 46.7 Å². The second-order valence-electron chi connectivity index (χ2n) is 5.17. The van der Waals surface area contributed by atoms with E-state index in [1.807, 2.05) is 0 Å². The van der Waals surface area contributed by atoms with Crippen molar-refractivity contribution in [3.8, 4) is 11.5 Å². The molecule has 26 heavy (non-hydrogen) atoms. The molecule has 0 N–H and O–H groups in total. The third-order valence-corrected chi connectivity index (χ3v) is 4.31. The normalized spacial score (nSPS) is 11.0. The van der Waals surface area contributed by atoms with Gasteiger partial charge in [0.05, 0.1) is 19.9 Å². The molecule has 0 fully saturated rings. The molecule has 0 atom stereocenters. The number of ether oxygens (including phenoxy) is 3. The molecular formula is C18H16N2O5S. The van der Waals surface area contributed by atoms with Crippen LogP contribution in [0.3, 0.4) is 0 Å². The van der Waals surface area contributed by atoms with E-state index in [2.05, 4.69) is 4.98 Å². The first-order chi connectivity index (χ1) is 12.6. The molecule has 0 amide bonds. The summed E-state index contributed by atoms with van der Waals surface area (Å²) in [6.45, 7) is -0.0813. The Labute approximate surface area is 153 Å². The summed E-state index contributed by atoms with van der Waals surface area (Å²) < 4.78 is 17.1. The highest BCUT2D eigenvalue weighted by atomic mass is 32.1. The molecule has 2 heterocycles. The Kier molecular flexibility index (Phi) is 5.33. The second-order valence-corrected chi connectivity index (χ2v) is 6.04. The third-order valence-electron chi connectivity index (χ3n) is 3.55. The van der Waals surface area contributed by atoms with Gasteiger partial charge in [-0.25, -0.2) is 9.78 Å². The molecule has 0 saturated heterocycles. The Morgan fingerprint density at radius 1 is 1.31 bits per heavy atom. The number of carbonyl (C=O) groups is 1. The van der Waals surface area contributed by atoms with Gasteiger partial charge in [-0.05, 0) is 12.1 Å². The average molecular weight is 372 g/mol. The number of hydrogen-bond donors (Lipinski definition) is 0. The number of para-hydroxylation sites is 1. The molecule has 0 spiro atoms. The van der Waals surface area contributed by atoms with Gasteiger partial charge < -0.3 is 14.2 Å². The molecule has 134 valence electrons. The summed E-state index contributed by atoms with van der Waals surface area (Å²) in [5.41, 5.74) is 0.872. The number of rotatable bonds is 6. The van der Waals surface area contributed by atoms with Gasteiger partial charge in [-0.15, -0.1) is 11.3 Å². The number of aromatic nitrogens is 2. The van der Waals surface area contributed by atoms with E-state index in [9.17, 15) is 9.59 Å². The summed E-state index contributed by atoms with van der Waals surface area (Å²) in [6, 6.07) is 6.69. The molecule has 0 bridgehead atoms. The maximum atomic E-state index is 12.0.